The summed E-state index contributed by atoms with van der Waals surface area (Å²) in [5, 5.41) is 6.29. The molecule has 2 amide bonds. The van der Waals surface area contributed by atoms with E-state index in [1.165, 1.54) is 4.90 Å². The maximum absolute atomic E-state index is 12.3. The van der Waals surface area contributed by atoms with Crippen LogP contribution in [0.1, 0.15) is 32.9 Å². The highest BCUT2D eigenvalue weighted by atomic mass is 127. The Hall–Kier alpha value is -2.40. The minimum absolute atomic E-state index is 0. The van der Waals surface area contributed by atoms with E-state index in [2.05, 4.69) is 15.6 Å². The van der Waals surface area contributed by atoms with E-state index in [4.69, 9.17) is 9.15 Å². The Bertz CT molecular complexity index is 804. The fourth-order valence-electron chi connectivity index (χ4n) is 2.90. The molecule has 0 radical (unpaired) electrons. The van der Waals surface area contributed by atoms with E-state index in [0.29, 0.717) is 43.4 Å². The SMILES string of the molecule is CN=C(NCCCOCc1ccco1)NCCN1C(=O)c2ccccc2C1=O.I. The summed E-state index contributed by atoms with van der Waals surface area (Å²) in [5.74, 6) is 0.916. The van der Waals surface area contributed by atoms with Gasteiger partial charge >= 0.3 is 0 Å². The van der Waals surface area contributed by atoms with Crippen LogP contribution in [0.3, 0.4) is 0 Å². The molecule has 1 aliphatic rings. The first kappa shape index (κ1) is 22.9. The van der Waals surface area contributed by atoms with Crippen molar-refractivity contribution < 1.29 is 18.7 Å². The van der Waals surface area contributed by atoms with E-state index < -0.39 is 0 Å². The van der Waals surface area contributed by atoms with Crippen molar-refractivity contribution in [3.8, 4) is 0 Å². The number of amides is 2. The van der Waals surface area contributed by atoms with E-state index in [-0.39, 0.29) is 42.3 Å². The van der Waals surface area contributed by atoms with E-state index in [1.807, 2.05) is 12.1 Å². The molecule has 8 nitrogen and oxygen atoms in total. The van der Waals surface area contributed by atoms with Crippen LogP contribution in [0.4, 0.5) is 0 Å². The van der Waals surface area contributed by atoms with Crippen molar-refractivity contribution in [2.75, 3.05) is 33.3 Å². The summed E-state index contributed by atoms with van der Waals surface area (Å²) in [6.45, 7) is 2.43. The van der Waals surface area contributed by atoms with Gasteiger partial charge in [0.15, 0.2) is 5.96 Å². The lowest BCUT2D eigenvalue weighted by Crippen LogP contribution is -2.43. The lowest BCUT2D eigenvalue weighted by atomic mass is 10.1. The molecular weight excluding hydrogens is 487 g/mol. The van der Waals surface area contributed by atoms with Crippen molar-refractivity contribution in [2.24, 2.45) is 4.99 Å². The largest absolute Gasteiger partial charge is 0.467 e. The second-order valence-corrected chi connectivity index (χ2v) is 6.22. The van der Waals surface area contributed by atoms with Gasteiger partial charge in [0.05, 0.1) is 17.4 Å². The van der Waals surface area contributed by atoms with Crippen molar-refractivity contribution in [2.45, 2.75) is 13.0 Å². The molecule has 29 heavy (non-hydrogen) atoms. The third-order valence-electron chi connectivity index (χ3n) is 4.31. The first-order valence-electron chi connectivity index (χ1n) is 9.20. The molecule has 1 aliphatic heterocycles. The molecule has 156 valence electrons. The number of rotatable bonds is 9. The van der Waals surface area contributed by atoms with E-state index >= 15 is 0 Å². The predicted octanol–water partition coefficient (Wildman–Crippen LogP) is 2.27. The molecule has 0 saturated carbocycles. The minimum atomic E-state index is -0.251. The highest BCUT2D eigenvalue weighted by Crippen LogP contribution is 2.21. The summed E-state index contributed by atoms with van der Waals surface area (Å²) in [4.78, 5) is 30.0. The number of guanidine groups is 1. The minimum Gasteiger partial charge on any atom is -0.467 e. The van der Waals surface area contributed by atoms with Crippen molar-refractivity contribution in [1.82, 2.24) is 15.5 Å². The van der Waals surface area contributed by atoms with Crippen LogP contribution in [-0.4, -0.2) is 56.0 Å². The van der Waals surface area contributed by atoms with Gasteiger partial charge in [-0.2, -0.15) is 0 Å². The monoisotopic (exact) mass is 512 g/mol. The van der Waals surface area contributed by atoms with Crippen LogP contribution in [0, 0.1) is 0 Å². The Morgan fingerprint density at radius 2 is 1.76 bits per heavy atom. The zero-order valence-electron chi connectivity index (χ0n) is 16.2. The molecule has 0 unspecified atom stereocenters. The second-order valence-electron chi connectivity index (χ2n) is 6.22. The molecule has 2 heterocycles. The zero-order chi connectivity index (χ0) is 19.8. The number of hydrogen-bond donors (Lipinski definition) is 2. The van der Waals surface area contributed by atoms with Crippen LogP contribution in [-0.2, 0) is 11.3 Å². The summed E-state index contributed by atoms with van der Waals surface area (Å²) < 4.78 is 10.7. The quantitative estimate of drug-likeness (QED) is 0.176. The molecule has 2 aromatic rings. The van der Waals surface area contributed by atoms with E-state index in [1.54, 1.807) is 37.6 Å². The number of furan rings is 1. The Kier molecular flexibility index (Phi) is 9.13. The number of carbonyl (C=O) groups is 2. The topological polar surface area (TPSA) is 96.2 Å². The Labute approximate surface area is 186 Å². The third kappa shape index (κ3) is 6.04. The van der Waals surface area contributed by atoms with Crippen molar-refractivity contribution in [3.05, 3.63) is 59.5 Å². The fourth-order valence-corrected chi connectivity index (χ4v) is 2.90. The van der Waals surface area contributed by atoms with Gasteiger partial charge in [0.2, 0.25) is 0 Å². The van der Waals surface area contributed by atoms with Gasteiger partial charge in [-0.15, -0.1) is 24.0 Å². The average molecular weight is 512 g/mol. The summed E-state index contributed by atoms with van der Waals surface area (Å²) in [6, 6.07) is 10.6. The van der Waals surface area contributed by atoms with Crippen LogP contribution < -0.4 is 10.6 Å². The van der Waals surface area contributed by atoms with Gasteiger partial charge in [0.25, 0.3) is 11.8 Å². The van der Waals surface area contributed by atoms with Crippen LogP contribution >= 0.6 is 24.0 Å². The van der Waals surface area contributed by atoms with Crippen LogP contribution in [0.2, 0.25) is 0 Å². The van der Waals surface area contributed by atoms with Crippen LogP contribution in [0.15, 0.2) is 52.1 Å². The number of hydrogen-bond acceptors (Lipinski definition) is 5. The number of halogens is 1. The smallest absolute Gasteiger partial charge is 0.261 e. The number of carbonyl (C=O) groups excluding carboxylic acids is 2. The lowest BCUT2D eigenvalue weighted by molar-refractivity contribution is 0.0657. The van der Waals surface area contributed by atoms with Crippen LogP contribution in [0.25, 0.3) is 0 Å². The number of nitrogens with one attached hydrogen (secondary N) is 2. The van der Waals surface area contributed by atoms with Gasteiger partial charge in [0.1, 0.15) is 12.4 Å². The van der Waals surface area contributed by atoms with Gasteiger partial charge in [0, 0.05) is 33.3 Å². The Balaban J connectivity index is 0.00000300. The van der Waals surface area contributed by atoms with Crippen LogP contribution in [0.5, 0.6) is 0 Å². The molecule has 9 heteroatoms. The maximum Gasteiger partial charge on any atom is 0.261 e. The molecule has 0 bridgehead atoms. The van der Waals surface area contributed by atoms with E-state index in [9.17, 15) is 9.59 Å². The van der Waals surface area contributed by atoms with Crippen molar-refractivity contribution >= 4 is 41.8 Å². The van der Waals surface area contributed by atoms with Gasteiger partial charge in [-0.05, 0) is 30.7 Å². The molecule has 1 aromatic heterocycles. The summed E-state index contributed by atoms with van der Waals surface area (Å²) >= 11 is 0. The number of ether oxygens (including phenoxy) is 1. The average Bonchev–Trinajstić information content (AvgIpc) is 3.32. The third-order valence-corrected chi connectivity index (χ3v) is 4.31. The van der Waals surface area contributed by atoms with E-state index in [0.717, 1.165) is 12.2 Å². The number of aliphatic imine (C=N–C) groups is 1. The lowest BCUT2D eigenvalue weighted by Gasteiger charge is -2.16. The molecule has 2 N–H and O–H groups in total. The summed E-state index contributed by atoms with van der Waals surface area (Å²) in [6.07, 6.45) is 2.43. The molecule has 0 fully saturated rings. The molecule has 3 rings (SSSR count). The molecule has 1 aromatic carbocycles. The standard InChI is InChI=1S/C20H24N4O4.HI/c1-21-20(22-9-5-12-27-14-15-6-4-13-28-15)23-10-11-24-18(25)16-7-2-3-8-17(16)19(24)26;/h2-4,6-8,13H,5,9-12,14H2,1H3,(H2,21,22,23);1H. The number of imide groups is 1. The fraction of sp³-hybridized carbons (Fsp3) is 0.350. The number of benzene rings is 1. The van der Waals surface area contributed by atoms with Gasteiger partial charge < -0.3 is 19.8 Å². The molecular formula is C20H25IN4O4. The number of fused-ring (bicyclic) bond motifs is 1. The zero-order valence-corrected chi connectivity index (χ0v) is 18.6. The van der Waals surface area contributed by atoms with Crippen molar-refractivity contribution in [1.29, 1.82) is 0 Å². The number of nitrogens with zero attached hydrogens (tertiary/aromatic N) is 2. The first-order chi connectivity index (χ1) is 13.7. The maximum atomic E-state index is 12.3. The van der Waals surface area contributed by atoms with Gasteiger partial charge in [-0.25, -0.2) is 0 Å². The molecule has 0 aliphatic carbocycles. The predicted molar refractivity (Wildman–Crippen MR) is 120 cm³/mol. The van der Waals surface area contributed by atoms with Gasteiger partial charge in [-0.3, -0.25) is 19.5 Å². The highest BCUT2D eigenvalue weighted by Gasteiger charge is 2.34. The van der Waals surface area contributed by atoms with Gasteiger partial charge in [-0.1, -0.05) is 12.1 Å². The summed E-state index contributed by atoms with van der Waals surface area (Å²) in [5.41, 5.74) is 0.925. The molecule has 0 saturated heterocycles. The second kappa shape index (κ2) is 11.6. The summed E-state index contributed by atoms with van der Waals surface area (Å²) in [7, 11) is 1.67. The molecule has 0 atom stereocenters. The molecule has 0 spiro atoms. The van der Waals surface area contributed by atoms with Crippen molar-refractivity contribution in [3.63, 3.8) is 0 Å². The normalized spacial score (nSPS) is 13.3. The highest BCUT2D eigenvalue weighted by molar-refractivity contribution is 14.0. The first-order valence-corrected chi connectivity index (χ1v) is 9.20. The Morgan fingerprint density at radius 1 is 1.07 bits per heavy atom. The Morgan fingerprint density at radius 3 is 2.38 bits per heavy atom.